The Morgan fingerprint density at radius 3 is 1.76 bits per heavy atom. The van der Waals surface area contributed by atoms with Gasteiger partial charge in [-0.2, -0.15) is 0 Å². The molecule has 2 aliphatic rings. The highest BCUT2D eigenvalue weighted by atomic mass is 16.7. The van der Waals surface area contributed by atoms with E-state index in [-0.39, 0.29) is 17.1 Å². The van der Waals surface area contributed by atoms with E-state index in [9.17, 15) is 0 Å². The quantitative estimate of drug-likeness (QED) is 0.654. The van der Waals surface area contributed by atoms with Crippen molar-refractivity contribution >= 4 is 0 Å². The van der Waals surface area contributed by atoms with Crippen LogP contribution in [-0.4, -0.2) is 38.5 Å². The monoisotopic (exact) mass is 244 g/mol. The molecule has 1 spiro atoms. The van der Waals surface area contributed by atoms with Crippen LogP contribution in [0.2, 0.25) is 0 Å². The van der Waals surface area contributed by atoms with Gasteiger partial charge >= 0.3 is 0 Å². The van der Waals surface area contributed by atoms with E-state index in [4.69, 9.17) is 18.9 Å². The lowest BCUT2D eigenvalue weighted by Gasteiger charge is -2.48. The zero-order valence-corrected chi connectivity index (χ0v) is 11.5. The van der Waals surface area contributed by atoms with Crippen LogP contribution in [0.5, 0.6) is 0 Å². The summed E-state index contributed by atoms with van der Waals surface area (Å²) < 4.78 is 23.0. The number of rotatable bonds is 0. The van der Waals surface area contributed by atoms with Crippen molar-refractivity contribution in [2.45, 2.75) is 46.7 Å². The number of hydrogen-bond acceptors (Lipinski definition) is 4. The van der Waals surface area contributed by atoms with Gasteiger partial charge in [0, 0.05) is 5.41 Å². The summed E-state index contributed by atoms with van der Waals surface area (Å²) in [7, 11) is 0. The molecule has 0 aromatic carbocycles. The van der Waals surface area contributed by atoms with Crippen molar-refractivity contribution in [1.82, 2.24) is 0 Å². The van der Waals surface area contributed by atoms with Crippen LogP contribution >= 0.6 is 0 Å². The van der Waals surface area contributed by atoms with Gasteiger partial charge in [-0.15, -0.1) is 0 Å². The fraction of sp³-hybridized carbons (Fsp3) is 1.00. The first-order chi connectivity index (χ1) is 7.73. The predicted molar refractivity (Wildman–Crippen MR) is 63.6 cm³/mol. The summed E-state index contributed by atoms with van der Waals surface area (Å²) in [5, 5.41) is 0. The average molecular weight is 244 g/mol. The molecule has 0 bridgehead atoms. The maximum atomic E-state index is 5.82. The van der Waals surface area contributed by atoms with Gasteiger partial charge in [-0.05, 0) is 13.8 Å². The van der Waals surface area contributed by atoms with Crippen LogP contribution in [0.4, 0.5) is 0 Å². The van der Waals surface area contributed by atoms with Crippen LogP contribution in [0.3, 0.4) is 0 Å². The third kappa shape index (κ3) is 2.99. The van der Waals surface area contributed by atoms with E-state index in [1.165, 1.54) is 0 Å². The van der Waals surface area contributed by atoms with Crippen LogP contribution in [0, 0.1) is 10.8 Å². The first-order valence-corrected chi connectivity index (χ1v) is 6.24. The van der Waals surface area contributed by atoms with Gasteiger partial charge in [0.2, 0.25) is 0 Å². The molecule has 0 aromatic heterocycles. The van der Waals surface area contributed by atoms with Crippen LogP contribution < -0.4 is 0 Å². The molecule has 0 unspecified atom stereocenters. The highest BCUT2D eigenvalue weighted by Crippen LogP contribution is 2.36. The Labute approximate surface area is 104 Å². The summed E-state index contributed by atoms with van der Waals surface area (Å²) in [4.78, 5) is 0. The van der Waals surface area contributed by atoms with Gasteiger partial charge in [0.05, 0.1) is 31.8 Å². The molecule has 2 rings (SSSR count). The second-order valence-corrected chi connectivity index (χ2v) is 6.80. The first-order valence-electron chi connectivity index (χ1n) is 6.24. The van der Waals surface area contributed by atoms with Crippen molar-refractivity contribution in [3.05, 3.63) is 0 Å². The molecule has 2 saturated heterocycles. The third-order valence-electron chi connectivity index (χ3n) is 3.24. The van der Waals surface area contributed by atoms with Crippen LogP contribution in [0.25, 0.3) is 0 Å². The highest BCUT2D eigenvalue weighted by Gasteiger charge is 2.45. The summed E-state index contributed by atoms with van der Waals surface area (Å²) in [5.74, 6) is -0.480. The minimum Gasteiger partial charge on any atom is -0.351 e. The largest absolute Gasteiger partial charge is 0.351 e. The van der Waals surface area contributed by atoms with Gasteiger partial charge in [-0.3, -0.25) is 0 Å². The Hall–Kier alpha value is -0.160. The van der Waals surface area contributed by atoms with Crippen molar-refractivity contribution in [3.63, 3.8) is 0 Å². The molecule has 2 aliphatic heterocycles. The Morgan fingerprint density at radius 1 is 0.882 bits per heavy atom. The van der Waals surface area contributed by atoms with Crippen LogP contribution in [-0.2, 0) is 18.9 Å². The minimum atomic E-state index is -0.480. The lowest BCUT2D eigenvalue weighted by Crippen LogP contribution is -2.56. The molecule has 0 amide bonds. The zero-order chi connectivity index (χ0) is 12.7. The molecular weight excluding hydrogens is 220 g/mol. The van der Waals surface area contributed by atoms with Gasteiger partial charge in [-0.1, -0.05) is 20.8 Å². The second-order valence-electron chi connectivity index (χ2n) is 6.80. The summed E-state index contributed by atoms with van der Waals surface area (Å²) in [6.07, 6.45) is -0.136. The Morgan fingerprint density at radius 2 is 1.35 bits per heavy atom. The van der Waals surface area contributed by atoms with Crippen LogP contribution in [0.1, 0.15) is 34.6 Å². The average Bonchev–Trinajstić information content (AvgIpc) is 2.23. The van der Waals surface area contributed by atoms with Gasteiger partial charge < -0.3 is 18.9 Å². The lowest BCUT2D eigenvalue weighted by atomic mass is 9.88. The SMILES string of the molecule is CC1(C)OCC2(COC(C(C)(C)C)OC2)CO1. The molecule has 2 heterocycles. The molecule has 0 aliphatic carbocycles. The maximum Gasteiger partial charge on any atom is 0.162 e. The minimum absolute atomic E-state index is 0.0112. The highest BCUT2D eigenvalue weighted by molar-refractivity contribution is 4.87. The molecule has 4 heteroatoms. The smallest absolute Gasteiger partial charge is 0.162 e. The lowest BCUT2D eigenvalue weighted by molar-refractivity contribution is -0.342. The van der Waals surface area contributed by atoms with Crippen molar-refractivity contribution in [1.29, 1.82) is 0 Å². The fourth-order valence-electron chi connectivity index (χ4n) is 2.00. The van der Waals surface area contributed by atoms with E-state index in [0.717, 1.165) is 0 Å². The number of ether oxygens (including phenoxy) is 4. The molecule has 17 heavy (non-hydrogen) atoms. The maximum absolute atomic E-state index is 5.82. The van der Waals surface area contributed by atoms with E-state index in [1.54, 1.807) is 0 Å². The molecule has 100 valence electrons. The normalized spacial score (nSPS) is 29.5. The van der Waals surface area contributed by atoms with Crippen molar-refractivity contribution < 1.29 is 18.9 Å². The van der Waals surface area contributed by atoms with Gasteiger partial charge in [0.1, 0.15) is 0 Å². The van der Waals surface area contributed by atoms with Crippen LogP contribution in [0.15, 0.2) is 0 Å². The first kappa shape index (κ1) is 13.3. The fourth-order valence-corrected chi connectivity index (χ4v) is 2.00. The van der Waals surface area contributed by atoms with E-state index in [1.807, 2.05) is 13.8 Å². The van der Waals surface area contributed by atoms with Gasteiger partial charge in [0.25, 0.3) is 0 Å². The Bertz CT molecular complexity index is 260. The molecule has 0 aromatic rings. The van der Waals surface area contributed by atoms with E-state index >= 15 is 0 Å². The summed E-state index contributed by atoms with van der Waals surface area (Å²) >= 11 is 0. The van der Waals surface area contributed by atoms with Gasteiger partial charge in [0.15, 0.2) is 12.1 Å². The molecule has 0 N–H and O–H groups in total. The summed E-state index contributed by atoms with van der Waals surface area (Å²) in [6, 6.07) is 0. The standard InChI is InChI=1S/C13H24O4/c1-11(2,3)10-14-6-13(7-15-10)8-16-12(4,5)17-9-13/h10H,6-9H2,1-5H3. The summed E-state index contributed by atoms with van der Waals surface area (Å²) in [5.41, 5.74) is -0.117. The molecule has 0 radical (unpaired) electrons. The molecule has 2 fully saturated rings. The Kier molecular flexibility index (Phi) is 3.28. The molecule has 4 nitrogen and oxygen atoms in total. The van der Waals surface area contributed by atoms with Crippen molar-refractivity contribution in [2.75, 3.05) is 26.4 Å². The third-order valence-corrected chi connectivity index (χ3v) is 3.24. The van der Waals surface area contributed by atoms with Gasteiger partial charge in [-0.25, -0.2) is 0 Å². The molecule has 0 saturated carbocycles. The molecular formula is C13H24O4. The van der Waals surface area contributed by atoms with E-state index in [0.29, 0.717) is 26.4 Å². The number of hydrogen-bond donors (Lipinski definition) is 0. The van der Waals surface area contributed by atoms with Crippen molar-refractivity contribution in [3.8, 4) is 0 Å². The van der Waals surface area contributed by atoms with Crippen molar-refractivity contribution in [2.24, 2.45) is 10.8 Å². The summed E-state index contributed by atoms with van der Waals surface area (Å²) in [6.45, 7) is 12.8. The molecule has 0 atom stereocenters. The Balaban J connectivity index is 1.91. The zero-order valence-electron chi connectivity index (χ0n) is 11.5. The van der Waals surface area contributed by atoms with E-state index in [2.05, 4.69) is 20.8 Å². The second kappa shape index (κ2) is 4.19. The predicted octanol–water partition coefficient (Wildman–Crippen LogP) is 2.17. The van der Waals surface area contributed by atoms with E-state index < -0.39 is 5.79 Å². The topological polar surface area (TPSA) is 36.9 Å².